The number of rotatable bonds is 15. The highest BCUT2D eigenvalue weighted by atomic mass is 19.4. The molecule has 0 rings (SSSR count). The molecule has 4 unspecified atom stereocenters. The Balaban J connectivity index is 7.76. The van der Waals surface area contributed by atoms with E-state index in [-0.39, 0.29) is 6.92 Å². The topological polar surface area (TPSA) is 71.1 Å². The van der Waals surface area contributed by atoms with Crippen molar-refractivity contribution in [3.05, 3.63) is 0 Å². The predicted octanol–water partition coefficient (Wildman–Crippen LogP) is 9.08. The molecule has 0 aliphatic rings. The Bertz CT molecular complexity index is 1340. The largest absolute Gasteiger partial charge is 0.462 e. The van der Waals surface area contributed by atoms with E-state index >= 15 is 0 Å². The summed E-state index contributed by atoms with van der Waals surface area (Å²) in [7, 11) is 0. The van der Waals surface area contributed by atoms with E-state index in [0.717, 1.165) is 14.2 Å². The van der Waals surface area contributed by atoms with Crippen molar-refractivity contribution in [2.45, 2.75) is 98.0 Å². The van der Waals surface area contributed by atoms with Gasteiger partial charge in [0.2, 0.25) is 5.78 Å². The summed E-state index contributed by atoms with van der Waals surface area (Å²) in [6.45, 7) is -0.0572. The lowest BCUT2D eigenvalue weighted by Gasteiger charge is -2.44. The van der Waals surface area contributed by atoms with Crippen molar-refractivity contribution in [3.63, 3.8) is 0 Å². The summed E-state index contributed by atoms with van der Waals surface area (Å²) >= 11 is 0. The molecule has 0 saturated heterocycles. The summed E-state index contributed by atoms with van der Waals surface area (Å²) in [6, 6.07) is 0. The van der Waals surface area contributed by atoms with E-state index in [4.69, 9.17) is 0 Å². The maximum atomic E-state index is 14.5. The fourth-order valence-electron chi connectivity index (χ4n) is 2.59. The summed E-state index contributed by atoms with van der Waals surface area (Å²) < 4.78 is 392. The van der Waals surface area contributed by atoms with Crippen molar-refractivity contribution in [3.8, 4) is 0 Å². The molecule has 0 aromatic carbocycles. The van der Waals surface area contributed by atoms with Gasteiger partial charge in [-0.2, -0.15) is 127 Å². The SMILES string of the molecule is CC(=O)CC(=O)C(F)(OC(F)(F)C(F)(OC(F)(F)C(F)(OC(F)(F)C(F)(OC(F)(F)C(F)(F)C(F)(F)F)C(F)(F)F)C(F)(F)F)C(F)(F)F)C(F)(F)F. The van der Waals surface area contributed by atoms with Gasteiger partial charge in [0.25, 0.3) is 0 Å². The Morgan fingerprint density at radius 2 is 0.604 bits per heavy atom. The quantitative estimate of drug-likeness (QED) is 0.121. The van der Waals surface area contributed by atoms with E-state index in [2.05, 4.69) is 0 Å². The highest BCUT2D eigenvalue weighted by molar-refractivity contribution is 6.01. The number of Topliss-reactive ketones (excluding diaryl/α,β-unsaturated/α-hetero) is 2. The van der Waals surface area contributed by atoms with Gasteiger partial charge in [0.05, 0.1) is 6.42 Å². The molecule has 0 bridgehead atoms. The van der Waals surface area contributed by atoms with E-state index in [1.807, 2.05) is 0 Å². The van der Waals surface area contributed by atoms with Crippen LogP contribution in [0.5, 0.6) is 0 Å². The average molecular weight is 868 g/mol. The van der Waals surface area contributed by atoms with E-state index in [0.29, 0.717) is 0 Å². The van der Waals surface area contributed by atoms with Crippen molar-refractivity contribution in [2.24, 2.45) is 0 Å². The van der Waals surface area contributed by atoms with Crippen LogP contribution in [0.4, 0.5) is 127 Å². The normalized spacial score (nSPS) is 19.9. The van der Waals surface area contributed by atoms with Gasteiger partial charge in [0.15, 0.2) is 0 Å². The van der Waals surface area contributed by atoms with Crippen molar-refractivity contribution < 1.29 is 156 Å². The predicted molar refractivity (Wildman–Crippen MR) is 95.0 cm³/mol. The molecule has 0 aromatic rings. The summed E-state index contributed by atoms with van der Waals surface area (Å²) in [5.74, 6) is -49.0. The third kappa shape index (κ3) is 8.69. The van der Waals surface area contributed by atoms with Gasteiger partial charge in [-0.15, -0.1) is 0 Å². The zero-order valence-electron chi connectivity index (χ0n) is 23.1. The minimum atomic E-state index is -9.27. The zero-order valence-corrected chi connectivity index (χ0v) is 23.1. The van der Waals surface area contributed by atoms with Crippen molar-refractivity contribution in [1.82, 2.24) is 0 Å². The number of alkyl halides is 29. The zero-order chi connectivity index (χ0) is 43.7. The van der Waals surface area contributed by atoms with Gasteiger partial charge < -0.3 is 0 Å². The molecular formula is C18H5F29O6. The number of halogens is 29. The summed E-state index contributed by atoms with van der Waals surface area (Å²) in [5, 5.41) is 0. The molecule has 0 aromatic heterocycles. The van der Waals surface area contributed by atoms with E-state index in [1.165, 1.54) is 0 Å². The Morgan fingerprint density at radius 3 is 0.811 bits per heavy atom. The molecule has 0 amide bonds. The number of hydrogen-bond donors (Lipinski definition) is 0. The van der Waals surface area contributed by atoms with Gasteiger partial charge in [-0.25, -0.2) is 0 Å². The van der Waals surface area contributed by atoms with Gasteiger partial charge in [-0.3, -0.25) is 28.5 Å². The van der Waals surface area contributed by atoms with E-state index in [1.54, 1.807) is 4.74 Å². The minimum absolute atomic E-state index is 0.0572. The Labute approximate surface area is 267 Å². The van der Waals surface area contributed by atoms with Crippen LogP contribution < -0.4 is 0 Å². The fraction of sp³-hybridized carbons (Fsp3) is 0.889. The van der Waals surface area contributed by atoms with Crippen molar-refractivity contribution in [1.29, 1.82) is 0 Å². The van der Waals surface area contributed by atoms with Crippen LogP contribution in [0.15, 0.2) is 0 Å². The van der Waals surface area contributed by atoms with E-state index in [9.17, 15) is 137 Å². The number of hydrogen-bond acceptors (Lipinski definition) is 6. The first-order valence-electron chi connectivity index (χ1n) is 11.2. The molecule has 6 nitrogen and oxygen atoms in total. The molecule has 0 heterocycles. The molecule has 0 aliphatic carbocycles. The first-order chi connectivity index (χ1) is 22.4. The molecule has 316 valence electrons. The van der Waals surface area contributed by atoms with Crippen LogP contribution in [0.3, 0.4) is 0 Å². The lowest BCUT2D eigenvalue weighted by atomic mass is 10.1. The third-order valence-electron chi connectivity index (χ3n) is 5.15. The van der Waals surface area contributed by atoms with Crippen molar-refractivity contribution >= 4 is 11.6 Å². The summed E-state index contributed by atoms with van der Waals surface area (Å²) in [5.41, 5.74) is 0. The van der Waals surface area contributed by atoms with Gasteiger partial charge >= 0.3 is 84.7 Å². The van der Waals surface area contributed by atoms with Gasteiger partial charge in [-0.05, 0) is 6.92 Å². The van der Waals surface area contributed by atoms with Crippen LogP contribution in [0, 0.1) is 0 Å². The second-order valence-corrected chi connectivity index (χ2v) is 9.22. The lowest BCUT2D eigenvalue weighted by molar-refractivity contribution is -0.592. The fourth-order valence-corrected chi connectivity index (χ4v) is 2.59. The standard InChI is InChI=1S/C18H5F29O6/c1-3(48)2-4(49)5(19,10(25,26)27)50-16(42,43)7(22,12(31,32)33)52-18(46,47)9(24,14(37,38)39)53-17(44,45)8(23,13(34,35)36)51-15(40,41)6(20,21)11(28,29)30/h2H2,1H3. The molecule has 0 aliphatic heterocycles. The van der Waals surface area contributed by atoms with Crippen LogP contribution in [0.1, 0.15) is 13.3 Å². The molecule has 35 heteroatoms. The maximum Gasteiger partial charge on any atom is 0.462 e. The van der Waals surface area contributed by atoms with Crippen LogP contribution in [-0.4, -0.2) is 96.2 Å². The number of ketones is 2. The van der Waals surface area contributed by atoms with Gasteiger partial charge in [0.1, 0.15) is 5.78 Å². The van der Waals surface area contributed by atoms with Crippen molar-refractivity contribution in [2.75, 3.05) is 0 Å². The number of carbonyl (C=O) groups is 2. The van der Waals surface area contributed by atoms with Gasteiger partial charge in [0, 0.05) is 0 Å². The average Bonchev–Trinajstić information content (AvgIpc) is 2.83. The van der Waals surface area contributed by atoms with Crippen LogP contribution in [0.25, 0.3) is 0 Å². The molecule has 0 spiro atoms. The van der Waals surface area contributed by atoms with Gasteiger partial charge in [-0.1, -0.05) is 0 Å². The molecule has 4 atom stereocenters. The lowest BCUT2D eigenvalue weighted by Crippen LogP contribution is -2.72. The minimum Gasteiger partial charge on any atom is -0.300 e. The molecule has 0 fully saturated rings. The number of carbonyl (C=O) groups excluding carboxylic acids is 2. The summed E-state index contributed by atoms with van der Waals surface area (Å²) in [6.07, 6.45) is -80.4. The highest BCUT2D eigenvalue weighted by Gasteiger charge is 2.90. The molecule has 53 heavy (non-hydrogen) atoms. The first kappa shape index (κ1) is 50.1. The molecule has 0 radical (unpaired) electrons. The monoisotopic (exact) mass is 868 g/mol. The van der Waals surface area contributed by atoms with Crippen LogP contribution in [-0.2, 0) is 28.5 Å². The third-order valence-corrected chi connectivity index (χ3v) is 5.15. The smallest absolute Gasteiger partial charge is 0.300 e. The second-order valence-electron chi connectivity index (χ2n) is 9.22. The Morgan fingerprint density at radius 1 is 0.358 bits per heavy atom. The van der Waals surface area contributed by atoms with Crippen LogP contribution >= 0.6 is 0 Å². The van der Waals surface area contributed by atoms with Crippen LogP contribution in [0.2, 0.25) is 0 Å². The molecule has 0 saturated carbocycles. The maximum absolute atomic E-state index is 14.5. The number of ether oxygens (including phenoxy) is 4. The second kappa shape index (κ2) is 13.4. The summed E-state index contributed by atoms with van der Waals surface area (Å²) in [4.78, 5) is 22.0. The molecular weight excluding hydrogens is 863 g/mol. The molecule has 0 N–H and O–H groups in total. The van der Waals surface area contributed by atoms with E-state index < -0.39 is 103 Å². The highest BCUT2D eigenvalue weighted by Crippen LogP contribution is 2.61. The Hall–Kier alpha value is -2.85. The first-order valence-corrected chi connectivity index (χ1v) is 11.2. The Kier molecular flexibility index (Phi) is 12.7.